The largest absolute Gasteiger partial charge is 0.388 e. The number of aliphatic hydroxyl groups is 2. The Balaban J connectivity index is 2.20. The van der Waals surface area contributed by atoms with Gasteiger partial charge in [0.25, 0.3) is 5.91 Å². The molecule has 0 radical (unpaired) electrons. The van der Waals surface area contributed by atoms with Crippen LogP contribution in [0.2, 0.25) is 0 Å². The average Bonchev–Trinajstić information content (AvgIpc) is 2.58. The molecule has 0 saturated carbocycles. The number of benzene rings is 1. The van der Waals surface area contributed by atoms with Gasteiger partial charge in [0.1, 0.15) is 5.82 Å². The molecule has 2 atom stereocenters. The maximum absolute atomic E-state index is 12.9. The van der Waals surface area contributed by atoms with E-state index in [9.17, 15) is 19.4 Å². The SMILES string of the molecule is O=C(c1ccc(F)cc1Br)N1CC(O)C(O)C1. The highest BCUT2D eigenvalue weighted by molar-refractivity contribution is 9.10. The number of aliphatic hydroxyl groups excluding tert-OH is 2. The van der Waals surface area contributed by atoms with Crippen LogP contribution in [0.15, 0.2) is 22.7 Å². The minimum absolute atomic E-state index is 0.0871. The van der Waals surface area contributed by atoms with Gasteiger partial charge in [-0.3, -0.25) is 4.79 Å². The molecule has 1 aliphatic heterocycles. The number of rotatable bonds is 1. The van der Waals surface area contributed by atoms with Gasteiger partial charge in [-0.2, -0.15) is 0 Å². The standard InChI is InChI=1S/C11H11BrFNO3/c12-8-3-6(13)1-2-7(8)11(17)14-4-9(15)10(16)5-14/h1-3,9-10,15-16H,4-5H2. The van der Waals surface area contributed by atoms with Gasteiger partial charge in [0.05, 0.1) is 17.8 Å². The molecule has 2 unspecified atom stereocenters. The van der Waals surface area contributed by atoms with Crippen molar-refractivity contribution in [3.8, 4) is 0 Å². The summed E-state index contributed by atoms with van der Waals surface area (Å²) in [6, 6.07) is 3.77. The molecule has 0 aromatic heterocycles. The molecule has 0 spiro atoms. The summed E-state index contributed by atoms with van der Waals surface area (Å²) in [7, 11) is 0. The highest BCUT2D eigenvalue weighted by Crippen LogP contribution is 2.22. The minimum Gasteiger partial charge on any atom is -0.388 e. The van der Waals surface area contributed by atoms with Crippen LogP contribution in [0.5, 0.6) is 0 Å². The summed E-state index contributed by atoms with van der Waals surface area (Å²) in [5.41, 5.74) is 0.313. The van der Waals surface area contributed by atoms with Gasteiger partial charge in [0.15, 0.2) is 0 Å². The second kappa shape index (κ2) is 4.72. The van der Waals surface area contributed by atoms with Crippen LogP contribution in [-0.2, 0) is 0 Å². The summed E-state index contributed by atoms with van der Waals surface area (Å²) in [6.07, 6.45) is -1.84. The Hall–Kier alpha value is -0.980. The quantitative estimate of drug-likeness (QED) is 0.805. The van der Waals surface area contributed by atoms with Gasteiger partial charge in [-0.15, -0.1) is 0 Å². The van der Waals surface area contributed by atoms with Gasteiger partial charge in [-0.25, -0.2) is 4.39 Å². The van der Waals surface area contributed by atoms with E-state index in [-0.39, 0.29) is 19.0 Å². The monoisotopic (exact) mass is 303 g/mol. The number of nitrogens with zero attached hydrogens (tertiary/aromatic N) is 1. The first-order valence-electron chi connectivity index (χ1n) is 5.09. The number of halogens is 2. The summed E-state index contributed by atoms with van der Waals surface area (Å²) in [4.78, 5) is 13.4. The first-order chi connectivity index (χ1) is 7.99. The average molecular weight is 304 g/mol. The normalized spacial score (nSPS) is 24.1. The van der Waals surface area contributed by atoms with Crippen LogP contribution < -0.4 is 0 Å². The van der Waals surface area contributed by atoms with Crippen LogP contribution in [0.25, 0.3) is 0 Å². The lowest BCUT2D eigenvalue weighted by Crippen LogP contribution is -2.30. The first kappa shape index (κ1) is 12.5. The number of carbonyl (C=O) groups is 1. The summed E-state index contributed by atoms with van der Waals surface area (Å²) in [5, 5.41) is 18.7. The molecule has 1 heterocycles. The molecule has 6 heteroatoms. The van der Waals surface area contributed by atoms with Crippen molar-refractivity contribution in [1.29, 1.82) is 0 Å². The van der Waals surface area contributed by atoms with Crippen LogP contribution in [0.4, 0.5) is 4.39 Å². The summed E-state index contributed by atoms with van der Waals surface area (Å²) in [5.74, 6) is -0.776. The smallest absolute Gasteiger partial charge is 0.255 e. The number of hydrogen-bond acceptors (Lipinski definition) is 3. The molecule has 1 fully saturated rings. The highest BCUT2D eigenvalue weighted by Gasteiger charge is 2.33. The number of carbonyl (C=O) groups excluding carboxylic acids is 1. The maximum atomic E-state index is 12.9. The van der Waals surface area contributed by atoms with Crippen molar-refractivity contribution in [2.24, 2.45) is 0 Å². The van der Waals surface area contributed by atoms with Crippen molar-refractivity contribution < 1.29 is 19.4 Å². The van der Waals surface area contributed by atoms with E-state index in [4.69, 9.17) is 0 Å². The van der Waals surface area contributed by atoms with E-state index >= 15 is 0 Å². The van der Waals surface area contributed by atoms with Crippen LogP contribution in [0.1, 0.15) is 10.4 Å². The van der Waals surface area contributed by atoms with E-state index in [2.05, 4.69) is 15.9 Å². The lowest BCUT2D eigenvalue weighted by molar-refractivity contribution is 0.0572. The van der Waals surface area contributed by atoms with Crippen molar-refractivity contribution in [3.05, 3.63) is 34.1 Å². The fourth-order valence-corrected chi connectivity index (χ4v) is 2.29. The lowest BCUT2D eigenvalue weighted by Gasteiger charge is -2.16. The topological polar surface area (TPSA) is 60.8 Å². The molecule has 17 heavy (non-hydrogen) atoms. The molecule has 4 nitrogen and oxygen atoms in total. The fraction of sp³-hybridized carbons (Fsp3) is 0.364. The molecule has 1 aromatic rings. The first-order valence-corrected chi connectivity index (χ1v) is 5.89. The Morgan fingerprint density at radius 1 is 1.35 bits per heavy atom. The molecular weight excluding hydrogens is 293 g/mol. The van der Waals surface area contributed by atoms with Gasteiger partial charge in [0.2, 0.25) is 0 Å². The fourth-order valence-electron chi connectivity index (χ4n) is 1.77. The lowest BCUT2D eigenvalue weighted by atomic mass is 10.2. The van der Waals surface area contributed by atoms with Gasteiger partial charge in [-0.05, 0) is 34.1 Å². The molecule has 0 aliphatic carbocycles. The van der Waals surface area contributed by atoms with E-state index in [1.165, 1.54) is 23.1 Å². The molecular formula is C11H11BrFNO3. The maximum Gasteiger partial charge on any atom is 0.255 e. The summed E-state index contributed by atoms with van der Waals surface area (Å²) >= 11 is 3.11. The van der Waals surface area contributed by atoms with Gasteiger partial charge >= 0.3 is 0 Å². The van der Waals surface area contributed by atoms with Crippen molar-refractivity contribution in [1.82, 2.24) is 4.90 Å². The Bertz CT molecular complexity index is 444. The van der Waals surface area contributed by atoms with Crippen LogP contribution in [-0.4, -0.2) is 46.3 Å². The number of likely N-dealkylation sites (tertiary alicyclic amines) is 1. The predicted molar refractivity (Wildman–Crippen MR) is 62.0 cm³/mol. The summed E-state index contributed by atoms with van der Waals surface area (Å²) in [6.45, 7) is 0.174. The van der Waals surface area contributed by atoms with Crippen LogP contribution in [0.3, 0.4) is 0 Å². The van der Waals surface area contributed by atoms with E-state index in [1.54, 1.807) is 0 Å². The molecule has 0 bridgehead atoms. The molecule has 92 valence electrons. The number of β-amino-alcohol motifs (C(OH)–C–C–N with tert-alkyl or cyclic N) is 2. The van der Waals surface area contributed by atoms with Crippen molar-refractivity contribution >= 4 is 21.8 Å². The van der Waals surface area contributed by atoms with Crippen molar-refractivity contribution in [3.63, 3.8) is 0 Å². The van der Waals surface area contributed by atoms with Crippen molar-refractivity contribution in [2.45, 2.75) is 12.2 Å². The van der Waals surface area contributed by atoms with E-state index in [0.717, 1.165) is 0 Å². The predicted octanol–water partition coefficient (Wildman–Crippen LogP) is 0.766. The highest BCUT2D eigenvalue weighted by atomic mass is 79.9. The molecule has 2 N–H and O–H groups in total. The van der Waals surface area contributed by atoms with E-state index in [1.807, 2.05) is 0 Å². The zero-order valence-electron chi connectivity index (χ0n) is 8.81. The zero-order valence-corrected chi connectivity index (χ0v) is 10.4. The minimum atomic E-state index is -0.918. The molecule has 1 aliphatic rings. The summed E-state index contributed by atoms with van der Waals surface area (Å²) < 4.78 is 13.2. The Kier molecular flexibility index (Phi) is 3.46. The number of amides is 1. The van der Waals surface area contributed by atoms with Gasteiger partial charge < -0.3 is 15.1 Å². The zero-order chi connectivity index (χ0) is 12.6. The van der Waals surface area contributed by atoms with Gasteiger partial charge in [0, 0.05) is 17.6 Å². The third-order valence-electron chi connectivity index (χ3n) is 2.71. The third kappa shape index (κ3) is 2.48. The van der Waals surface area contributed by atoms with E-state index in [0.29, 0.717) is 10.0 Å². The van der Waals surface area contributed by atoms with Crippen LogP contribution in [0, 0.1) is 5.82 Å². The van der Waals surface area contributed by atoms with Crippen LogP contribution >= 0.6 is 15.9 Å². The van der Waals surface area contributed by atoms with Gasteiger partial charge in [-0.1, -0.05) is 0 Å². The Morgan fingerprint density at radius 2 is 1.94 bits per heavy atom. The van der Waals surface area contributed by atoms with E-state index < -0.39 is 18.0 Å². The second-order valence-corrected chi connectivity index (χ2v) is 4.82. The molecule has 1 amide bonds. The molecule has 2 rings (SSSR count). The third-order valence-corrected chi connectivity index (χ3v) is 3.36. The van der Waals surface area contributed by atoms with Crippen molar-refractivity contribution in [2.75, 3.05) is 13.1 Å². The molecule has 1 saturated heterocycles. The second-order valence-electron chi connectivity index (χ2n) is 3.97. The Labute approximate surface area is 106 Å². The number of hydrogen-bond donors (Lipinski definition) is 2. The molecule has 1 aromatic carbocycles. The Morgan fingerprint density at radius 3 is 2.47 bits per heavy atom.